The van der Waals surface area contributed by atoms with Crippen LogP contribution in [0.2, 0.25) is 0 Å². The van der Waals surface area contributed by atoms with Gasteiger partial charge in [-0.2, -0.15) is 0 Å². The first-order valence-corrected chi connectivity index (χ1v) is 6.07. The Balaban J connectivity index is 3.06. The summed E-state index contributed by atoms with van der Waals surface area (Å²) in [5.41, 5.74) is 0.386. The van der Waals surface area contributed by atoms with E-state index in [0.717, 1.165) is 12.8 Å². The first kappa shape index (κ1) is 14.4. The van der Waals surface area contributed by atoms with Crippen LogP contribution in [0.25, 0.3) is 0 Å². The van der Waals surface area contributed by atoms with E-state index in [4.69, 9.17) is 5.11 Å². The van der Waals surface area contributed by atoms with Crippen LogP contribution in [0.5, 0.6) is 0 Å². The number of anilines is 1. The number of aliphatic hydroxyl groups excluding tert-OH is 1. The molecule has 0 spiro atoms. The normalized spacial score (nSPS) is 11.3. The molecule has 18 heavy (non-hydrogen) atoms. The molecule has 0 aromatic carbocycles. The molecule has 100 valence electrons. The number of hydrogen-bond acceptors (Lipinski definition) is 4. The van der Waals surface area contributed by atoms with Crippen LogP contribution in [-0.2, 0) is 0 Å². The maximum Gasteiger partial charge on any atom is 0.335 e. The third-order valence-electron chi connectivity index (χ3n) is 3.25. The minimum atomic E-state index is -0.980. The second-order valence-corrected chi connectivity index (χ2v) is 4.46. The van der Waals surface area contributed by atoms with E-state index in [9.17, 15) is 9.90 Å². The summed E-state index contributed by atoms with van der Waals surface area (Å²) in [6, 6.07) is 3.01. The zero-order valence-corrected chi connectivity index (χ0v) is 11.0. The Hall–Kier alpha value is -1.62. The van der Waals surface area contributed by atoms with Gasteiger partial charge < -0.3 is 15.5 Å². The van der Waals surface area contributed by atoms with Crippen molar-refractivity contribution >= 4 is 11.8 Å². The second kappa shape index (κ2) is 5.82. The number of pyridine rings is 1. The quantitative estimate of drug-likeness (QED) is 0.721. The number of carboxylic acid groups (broad SMARTS) is 1. The van der Waals surface area contributed by atoms with Crippen LogP contribution in [0.15, 0.2) is 12.1 Å². The van der Waals surface area contributed by atoms with E-state index in [1.165, 1.54) is 12.1 Å². The summed E-state index contributed by atoms with van der Waals surface area (Å²) < 4.78 is 0. The fourth-order valence-corrected chi connectivity index (χ4v) is 1.82. The van der Waals surface area contributed by atoms with Crippen LogP contribution in [0.1, 0.15) is 42.7 Å². The van der Waals surface area contributed by atoms with Gasteiger partial charge in [-0.3, -0.25) is 0 Å². The smallest absolute Gasteiger partial charge is 0.335 e. The lowest BCUT2D eigenvalue weighted by molar-refractivity contribution is 0.0696. The second-order valence-electron chi connectivity index (χ2n) is 4.46. The predicted molar refractivity (Wildman–Crippen MR) is 70.0 cm³/mol. The molecule has 1 heterocycles. The van der Waals surface area contributed by atoms with Gasteiger partial charge in [0.1, 0.15) is 5.82 Å². The minimum absolute atomic E-state index is 0.0158. The van der Waals surface area contributed by atoms with Gasteiger partial charge in [0.25, 0.3) is 0 Å². The topological polar surface area (TPSA) is 82.5 Å². The van der Waals surface area contributed by atoms with Gasteiger partial charge in [-0.25, -0.2) is 9.78 Å². The highest BCUT2D eigenvalue weighted by molar-refractivity contribution is 5.88. The monoisotopic (exact) mass is 252 g/mol. The summed E-state index contributed by atoms with van der Waals surface area (Å²) >= 11 is 0. The van der Waals surface area contributed by atoms with E-state index in [1.54, 1.807) is 6.92 Å². The number of aromatic nitrogens is 1. The van der Waals surface area contributed by atoms with Gasteiger partial charge in [0.2, 0.25) is 0 Å². The molecular weight excluding hydrogens is 232 g/mol. The molecule has 0 fully saturated rings. The SMILES string of the molecule is CCC(CC)(CO)Nc1cc(C(=O)O)cc(C)n1. The fourth-order valence-electron chi connectivity index (χ4n) is 1.82. The van der Waals surface area contributed by atoms with Gasteiger partial charge in [-0.05, 0) is 31.9 Å². The van der Waals surface area contributed by atoms with E-state index < -0.39 is 11.5 Å². The van der Waals surface area contributed by atoms with Crippen LogP contribution in [-0.4, -0.2) is 33.3 Å². The highest BCUT2D eigenvalue weighted by atomic mass is 16.4. The first-order chi connectivity index (χ1) is 8.46. The van der Waals surface area contributed by atoms with Crippen molar-refractivity contribution in [1.29, 1.82) is 0 Å². The number of aromatic carboxylic acids is 1. The maximum atomic E-state index is 11.0. The molecule has 1 rings (SSSR count). The molecule has 0 radical (unpaired) electrons. The molecular formula is C13H20N2O3. The van der Waals surface area contributed by atoms with E-state index >= 15 is 0 Å². The third kappa shape index (κ3) is 3.20. The van der Waals surface area contributed by atoms with Crippen molar-refractivity contribution in [2.24, 2.45) is 0 Å². The molecule has 0 bridgehead atoms. The standard InChI is InChI=1S/C13H20N2O3/c1-4-13(5-2,8-16)15-11-7-10(12(17)18)6-9(3)14-11/h6-7,16H,4-5,8H2,1-3H3,(H,14,15)(H,17,18). The predicted octanol–water partition coefficient (Wildman–Crippen LogP) is 2.05. The van der Waals surface area contributed by atoms with Crippen LogP contribution in [0, 0.1) is 6.92 Å². The van der Waals surface area contributed by atoms with Crippen molar-refractivity contribution < 1.29 is 15.0 Å². The molecule has 1 aromatic heterocycles. The number of rotatable bonds is 6. The number of aryl methyl sites for hydroxylation is 1. The summed E-state index contributed by atoms with van der Waals surface area (Å²) in [7, 11) is 0. The summed E-state index contributed by atoms with van der Waals surface area (Å²) in [5, 5.41) is 21.6. The molecule has 0 atom stereocenters. The summed E-state index contributed by atoms with van der Waals surface area (Å²) in [6.45, 7) is 5.68. The van der Waals surface area contributed by atoms with Crippen molar-refractivity contribution in [2.75, 3.05) is 11.9 Å². The molecule has 0 saturated heterocycles. The molecule has 1 aromatic rings. The molecule has 0 aliphatic rings. The lowest BCUT2D eigenvalue weighted by atomic mass is 9.94. The Morgan fingerprint density at radius 3 is 2.44 bits per heavy atom. The Kier molecular flexibility index (Phi) is 4.67. The Labute approximate surface area is 107 Å². The third-order valence-corrected chi connectivity index (χ3v) is 3.25. The number of nitrogens with one attached hydrogen (secondary N) is 1. The van der Waals surface area contributed by atoms with Gasteiger partial charge in [0.15, 0.2) is 0 Å². The molecule has 0 aliphatic heterocycles. The molecule has 3 N–H and O–H groups in total. The van der Waals surface area contributed by atoms with Crippen molar-refractivity contribution in [3.63, 3.8) is 0 Å². The molecule has 0 unspecified atom stereocenters. The van der Waals surface area contributed by atoms with Crippen molar-refractivity contribution in [3.05, 3.63) is 23.4 Å². The summed E-state index contributed by atoms with van der Waals surface area (Å²) in [5.74, 6) is -0.490. The average molecular weight is 252 g/mol. The van der Waals surface area contributed by atoms with Gasteiger partial charge in [-0.1, -0.05) is 13.8 Å². The zero-order chi connectivity index (χ0) is 13.8. The molecule has 5 nitrogen and oxygen atoms in total. The van der Waals surface area contributed by atoms with Crippen molar-refractivity contribution in [1.82, 2.24) is 4.98 Å². The van der Waals surface area contributed by atoms with Crippen LogP contribution < -0.4 is 5.32 Å². The Morgan fingerprint density at radius 2 is 2.00 bits per heavy atom. The number of nitrogens with zero attached hydrogens (tertiary/aromatic N) is 1. The molecule has 0 aliphatic carbocycles. The highest BCUT2D eigenvalue weighted by Crippen LogP contribution is 2.21. The van der Waals surface area contributed by atoms with Gasteiger partial charge in [0, 0.05) is 5.69 Å². The lowest BCUT2D eigenvalue weighted by Gasteiger charge is -2.31. The Bertz CT molecular complexity index is 420. The number of hydrogen-bond donors (Lipinski definition) is 3. The molecule has 5 heteroatoms. The highest BCUT2D eigenvalue weighted by Gasteiger charge is 2.25. The van der Waals surface area contributed by atoms with Crippen molar-refractivity contribution in [3.8, 4) is 0 Å². The Morgan fingerprint density at radius 1 is 1.39 bits per heavy atom. The number of carbonyl (C=O) groups is 1. The van der Waals surface area contributed by atoms with E-state index in [2.05, 4.69) is 10.3 Å². The van der Waals surface area contributed by atoms with E-state index in [1.807, 2.05) is 13.8 Å². The largest absolute Gasteiger partial charge is 0.478 e. The van der Waals surface area contributed by atoms with E-state index in [0.29, 0.717) is 11.5 Å². The zero-order valence-electron chi connectivity index (χ0n) is 11.0. The van der Waals surface area contributed by atoms with E-state index in [-0.39, 0.29) is 12.2 Å². The summed E-state index contributed by atoms with van der Waals surface area (Å²) in [6.07, 6.45) is 1.47. The molecule has 0 amide bonds. The lowest BCUT2D eigenvalue weighted by Crippen LogP contribution is -2.41. The van der Waals surface area contributed by atoms with Gasteiger partial charge >= 0.3 is 5.97 Å². The number of carboxylic acids is 1. The van der Waals surface area contributed by atoms with Crippen LogP contribution >= 0.6 is 0 Å². The fraction of sp³-hybridized carbons (Fsp3) is 0.538. The average Bonchev–Trinajstić information content (AvgIpc) is 2.35. The molecule has 0 saturated carbocycles. The number of aliphatic hydroxyl groups is 1. The van der Waals surface area contributed by atoms with Crippen molar-refractivity contribution in [2.45, 2.75) is 39.2 Å². The van der Waals surface area contributed by atoms with Gasteiger partial charge in [-0.15, -0.1) is 0 Å². The van der Waals surface area contributed by atoms with Gasteiger partial charge in [0.05, 0.1) is 17.7 Å². The summed E-state index contributed by atoms with van der Waals surface area (Å²) in [4.78, 5) is 15.2. The first-order valence-electron chi connectivity index (χ1n) is 6.07. The van der Waals surface area contributed by atoms with Crippen LogP contribution in [0.3, 0.4) is 0 Å². The minimum Gasteiger partial charge on any atom is -0.478 e. The maximum absolute atomic E-state index is 11.0. The van der Waals surface area contributed by atoms with Crippen LogP contribution in [0.4, 0.5) is 5.82 Å².